The van der Waals surface area contributed by atoms with Crippen LogP contribution >= 0.6 is 39.1 Å². The summed E-state index contributed by atoms with van der Waals surface area (Å²) in [4.78, 5) is 12.2. The van der Waals surface area contributed by atoms with Gasteiger partial charge in [0.1, 0.15) is 5.75 Å². The topological polar surface area (TPSA) is 38.3 Å². The van der Waals surface area contributed by atoms with Crippen LogP contribution in [0.4, 0.5) is 5.69 Å². The third-order valence-corrected chi connectivity index (χ3v) is 3.85. The van der Waals surface area contributed by atoms with Crippen LogP contribution in [0.15, 0.2) is 40.9 Å². The molecule has 0 fully saturated rings. The van der Waals surface area contributed by atoms with E-state index in [4.69, 9.17) is 27.9 Å². The Hall–Kier alpha value is -1.23. The van der Waals surface area contributed by atoms with E-state index in [0.29, 0.717) is 38.1 Å². The predicted octanol–water partition coefficient (Wildman–Crippen LogP) is 5.41. The van der Waals surface area contributed by atoms with Crippen molar-refractivity contribution in [1.29, 1.82) is 0 Å². The number of nitrogens with one attached hydrogen (secondary N) is 1. The molecule has 3 nitrogen and oxygen atoms in total. The van der Waals surface area contributed by atoms with E-state index < -0.39 is 0 Å². The second kappa shape index (κ2) is 7.16. The summed E-state index contributed by atoms with van der Waals surface area (Å²) in [5.74, 6) is 0.337. The van der Waals surface area contributed by atoms with Gasteiger partial charge in [0.25, 0.3) is 5.91 Å². The zero-order valence-corrected chi connectivity index (χ0v) is 14.2. The minimum Gasteiger partial charge on any atom is -0.492 e. The van der Waals surface area contributed by atoms with Gasteiger partial charge in [-0.2, -0.15) is 0 Å². The van der Waals surface area contributed by atoms with Crippen LogP contribution in [0.2, 0.25) is 10.0 Å². The molecule has 2 rings (SSSR count). The molecule has 0 radical (unpaired) electrons. The molecule has 0 aromatic heterocycles. The van der Waals surface area contributed by atoms with Crippen LogP contribution in [0.1, 0.15) is 17.3 Å². The Kier molecular flexibility index (Phi) is 5.51. The maximum absolute atomic E-state index is 12.2. The van der Waals surface area contributed by atoms with Gasteiger partial charge in [-0.1, -0.05) is 23.2 Å². The van der Waals surface area contributed by atoms with Crippen molar-refractivity contribution < 1.29 is 9.53 Å². The number of halogens is 3. The van der Waals surface area contributed by atoms with Crippen LogP contribution in [-0.4, -0.2) is 12.5 Å². The van der Waals surface area contributed by atoms with Gasteiger partial charge in [0.15, 0.2) is 0 Å². The fraction of sp³-hybridized carbons (Fsp3) is 0.133. The van der Waals surface area contributed by atoms with Gasteiger partial charge < -0.3 is 10.1 Å². The maximum atomic E-state index is 12.2. The maximum Gasteiger partial charge on any atom is 0.256 e. The number of carbonyl (C=O) groups is 1. The van der Waals surface area contributed by atoms with E-state index in [-0.39, 0.29) is 5.91 Å². The van der Waals surface area contributed by atoms with Gasteiger partial charge in [0, 0.05) is 15.2 Å². The van der Waals surface area contributed by atoms with E-state index >= 15 is 0 Å². The van der Waals surface area contributed by atoms with Gasteiger partial charge in [-0.05, 0) is 59.3 Å². The minimum atomic E-state index is -0.251. The largest absolute Gasteiger partial charge is 0.492 e. The quantitative estimate of drug-likeness (QED) is 0.760. The molecule has 1 N–H and O–H groups in total. The first-order valence-corrected chi connectivity index (χ1v) is 7.75. The Balaban J connectivity index is 2.17. The van der Waals surface area contributed by atoms with Gasteiger partial charge in [0.05, 0.1) is 17.2 Å². The summed E-state index contributed by atoms with van der Waals surface area (Å²) >= 11 is 15.3. The first kappa shape index (κ1) is 16.1. The highest BCUT2D eigenvalue weighted by molar-refractivity contribution is 9.10. The molecule has 2 aromatic carbocycles. The number of rotatable bonds is 4. The van der Waals surface area contributed by atoms with E-state index in [9.17, 15) is 4.79 Å². The Morgan fingerprint density at radius 2 is 2.00 bits per heavy atom. The third-order valence-electron chi connectivity index (χ3n) is 2.67. The van der Waals surface area contributed by atoms with Crippen molar-refractivity contribution in [3.63, 3.8) is 0 Å². The van der Waals surface area contributed by atoms with Crippen molar-refractivity contribution in [2.24, 2.45) is 0 Å². The molecular weight excluding hydrogens is 377 g/mol. The second-order valence-corrected chi connectivity index (χ2v) is 5.85. The first-order valence-electron chi connectivity index (χ1n) is 6.20. The van der Waals surface area contributed by atoms with Crippen LogP contribution in [0.25, 0.3) is 0 Å². The third kappa shape index (κ3) is 4.13. The average molecular weight is 389 g/mol. The van der Waals surface area contributed by atoms with Crippen LogP contribution in [0.3, 0.4) is 0 Å². The first-order chi connectivity index (χ1) is 10.0. The normalized spacial score (nSPS) is 10.3. The molecule has 0 aliphatic rings. The number of amides is 1. The van der Waals surface area contributed by atoms with E-state index in [0.717, 1.165) is 0 Å². The summed E-state index contributed by atoms with van der Waals surface area (Å²) in [6.07, 6.45) is 0. The van der Waals surface area contributed by atoms with Crippen molar-refractivity contribution in [3.8, 4) is 5.75 Å². The van der Waals surface area contributed by atoms with Gasteiger partial charge in [0.2, 0.25) is 0 Å². The zero-order valence-electron chi connectivity index (χ0n) is 11.1. The fourth-order valence-corrected chi connectivity index (χ4v) is 2.82. The SMILES string of the molecule is CCOc1ccc(NC(=O)c2ccc(Cl)cc2Br)cc1Cl. The summed E-state index contributed by atoms with van der Waals surface area (Å²) in [6, 6.07) is 10.1. The van der Waals surface area contributed by atoms with E-state index in [1.54, 1.807) is 36.4 Å². The van der Waals surface area contributed by atoms with Crippen molar-refractivity contribution in [2.75, 3.05) is 11.9 Å². The minimum absolute atomic E-state index is 0.251. The lowest BCUT2D eigenvalue weighted by Gasteiger charge is -2.10. The van der Waals surface area contributed by atoms with Crippen molar-refractivity contribution in [1.82, 2.24) is 0 Å². The van der Waals surface area contributed by atoms with E-state index in [2.05, 4.69) is 21.2 Å². The highest BCUT2D eigenvalue weighted by Crippen LogP contribution is 2.28. The summed E-state index contributed by atoms with van der Waals surface area (Å²) in [7, 11) is 0. The smallest absolute Gasteiger partial charge is 0.256 e. The van der Waals surface area contributed by atoms with Crippen LogP contribution < -0.4 is 10.1 Å². The van der Waals surface area contributed by atoms with Gasteiger partial charge in [-0.25, -0.2) is 0 Å². The number of hydrogen-bond donors (Lipinski definition) is 1. The molecule has 0 bridgehead atoms. The molecule has 0 unspecified atom stereocenters. The van der Waals surface area contributed by atoms with Gasteiger partial charge in [-0.15, -0.1) is 0 Å². The van der Waals surface area contributed by atoms with Crippen molar-refractivity contribution in [2.45, 2.75) is 6.92 Å². The lowest BCUT2D eigenvalue weighted by molar-refractivity contribution is 0.102. The van der Waals surface area contributed by atoms with Crippen LogP contribution in [0.5, 0.6) is 5.75 Å². The molecule has 0 spiro atoms. The summed E-state index contributed by atoms with van der Waals surface area (Å²) in [5.41, 5.74) is 1.08. The fourth-order valence-electron chi connectivity index (χ4n) is 1.72. The molecule has 0 aliphatic heterocycles. The standard InChI is InChI=1S/C15H12BrCl2NO2/c1-2-21-14-6-4-10(8-13(14)18)19-15(20)11-5-3-9(17)7-12(11)16/h3-8H,2H2,1H3,(H,19,20). The molecule has 0 heterocycles. The van der Waals surface area contributed by atoms with Crippen LogP contribution in [0, 0.1) is 0 Å². The number of benzene rings is 2. The summed E-state index contributed by atoms with van der Waals surface area (Å²) in [6.45, 7) is 2.41. The number of anilines is 1. The number of hydrogen-bond acceptors (Lipinski definition) is 2. The molecule has 21 heavy (non-hydrogen) atoms. The Labute approximate surface area is 141 Å². The predicted molar refractivity (Wildman–Crippen MR) is 89.7 cm³/mol. The van der Waals surface area contributed by atoms with E-state index in [1.165, 1.54) is 0 Å². The van der Waals surface area contributed by atoms with E-state index in [1.807, 2.05) is 6.92 Å². The lowest BCUT2D eigenvalue weighted by Crippen LogP contribution is -2.12. The molecule has 2 aromatic rings. The summed E-state index contributed by atoms with van der Waals surface area (Å²) < 4.78 is 5.98. The Bertz CT molecular complexity index is 677. The number of carbonyl (C=O) groups excluding carboxylic acids is 1. The molecule has 0 saturated carbocycles. The summed E-state index contributed by atoms with van der Waals surface area (Å²) in [5, 5.41) is 3.78. The Morgan fingerprint density at radius 3 is 2.62 bits per heavy atom. The molecule has 0 aliphatic carbocycles. The number of ether oxygens (including phenoxy) is 1. The molecular formula is C15H12BrCl2NO2. The molecule has 0 atom stereocenters. The Morgan fingerprint density at radius 1 is 1.24 bits per heavy atom. The van der Waals surface area contributed by atoms with Crippen LogP contribution in [-0.2, 0) is 0 Å². The lowest BCUT2D eigenvalue weighted by atomic mass is 10.2. The highest BCUT2D eigenvalue weighted by atomic mass is 79.9. The molecule has 110 valence electrons. The molecule has 6 heteroatoms. The van der Waals surface area contributed by atoms with Crippen molar-refractivity contribution in [3.05, 3.63) is 56.5 Å². The molecule has 0 saturated heterocycles. The highest BCUT2D eigenvalue weighted by Gasteiger charge is 2.11. The van der Waals surface area contributed by atoms with Gasteiger partial charge in [-0.3, -0.25) is 4.79 Å². The molecule has 1 amide bonds. The zero-order chi connectivity index (χ0) is 15.4. The average Bonchev–Trinajstić information content (AvgIpc) is 2.41. The van der Waals surface area contributed by atoms with Gasteiger partial charge >= 0.3 is 0 Å². The second-order valence-electron chi connectivity index (χ2n) is 4.16. The van der Waals surface area contributed by atoms with Crippen molar-refractivity contribution >= 4 is 50.7 Å². The monoisotopic (exact) mass is 387 g/mol.